The molecule has 0 atom stereocenters. The Morgan fingerprint density at radius 3 is 2.36 bits per heavy atom. The quantitative estimate of drug-likeness (QED) is 0.263. The van der Waals surface area contributed by atoms with Crippen LogP contribution in [0.1, 0.15) is 30.0 Å². The molecule has 0 saturated carbocycles. The minimum atomic E-state index is -0.841. The standard InChI is InChI=1S/C29H26ClFN2O6/c1-3-12-38-25-10-6-19(13-26(25)37-2)16-33-28(35)23(27(34)32-29(33)36)15-20-14-21(30)7-11-24(20)39-17-18-4-8-22(31)9-5-18/h4-11,13-15H,3,12,16-17H2,1-2H3,(H,32,34,36)/b23-15+. The number of halogens is 2. The van der Waals surface area contributed by atoms with Gasteiger partial charge >= 0.3 is 6.03 Å². The van der Waals surface area contributed by atoms with E-state index in [1.165, 1.54) is 31.4 Å². The maximum Gasteiger partial charge on any atom is 0.331 e. The van der Waals surface area contributed by atoms with Gasteiger partial charge in [0.05, 0.1) is 20.3 Å². The summed E-state index contributed by atoms with van der Waals surface area (Å²) < 4.78 is 30.1. The van der Waals surface area contributed by atoms with Crippen LogP contribution < -0.4 is 19.5 Å². The molecule has 3 aromatic rings. The van der Waals surface area contributed by atoms with E-state index in [4.69, 9.17) is 25.8 Å². The highest BCUT2D eigenvalue weighted by molar-refractivity contribution is 6.32. The second-order valence-corrected chi connectivity index (χ2v) is 9.08. The van der Waals surface area contributed by atoms with Crippen molar-refractivity contribution in [2.45, 2.75) is 26.5 Å². The maximum atomic E-state index is 13.3. The largest absolute Gasteiger partial charge is 0.493 e. The number of amides is 4. The van der Waals surface area contributed by atoms with Gasteiger partial charge in [0.25, 0.3) is 11.8 Å². The van der Waals surface area contributed by atoms with Crippen molar-refractivity contribution in [3.63, 3.8) is 0 Å². The Balaban J connectivity index is 1.58. The van der Waals surface area contributed by atoms with Crippen molar-refractivity contribution in [1.29, 1.82) is 0 Å². The van der Waals surface area contributed by atoms with Gasteiger partial charge in [-0.2, -0.15) is 0 Å². The molecule has 4 amide bonds. The Bertz CT molecular complexity index is 1420. The SMILES string of the molecule is CCCOc1ccc(CN2C(=O)NC(=O)/C(=C\c3cc(Cl)ccc3OCc3ccc(F)cc3)C2=O)cc1OC. The Labute approximate surface area is 229 Å². The third kappa shape index (κ3) is 6.74. The number of hydrogen-bond donors (Lipinski definition) is 1. The Kier molecular flexibility index (Phi) is 8.83. The van der Waals surface area contributed by atoms with Gasteiger partial charge in [0.1, 0.15) is 23.7 Å². The molecule has 3 aromatic carbocycles. The second-order valence-electron chi connectivity index (χ2n) is 8.64. The number of imide groups is 2. The van der Waals surface area contributed by atoms with Crippen LogP contribution in [-0.4, -0.2) is 36.5 Å². The van der Waals surface area contributed by atoms with E-state index in [2.05, 4.69) is 5.32 Å². The minimum absolute atomic E-state index is 0.108. The fraction of sp³-hybridized carbons (Fsp3) is 0.207. The van der Waals surface area contributed by atoms with E-state index in [0.29, 0.717) is 40.0 Å². The molecule has 39 heavy (non-hydrogen) atoms. The van der Waals surface area contributed by atoms with Gasteiger partial charge in [-0.3, -0.25) is 19.8 Å². The van der Waals surface area contributed by atoms with Crippen LogP contribution in [0.3, 0.4) is 0 Å². The first-order valence-electron chi connectivity index (χ1n) is 12.1. The monoisotopic (exact) mass is 552 g/mol. The van der Waals surface area contributed by atoms with Gasteiger partial charge in [0.15, 0.2) is 11.5 Å². The van der Waals surface area contributed by atoms with Crippen molar-refractivity contribution < 1.29 is 33.0 Å². The topological polar surface area (TPSA) is 94.2 Å². The lowest BCUT2D eigenvalue weighted by atomic mass is 10.1. The summed E-state index contributed by atoms with van der Waals surface area (Å²) in [6.07, 6.45) is 2.15. The van der Waals surface area contributed by atoms with Crippen LogP contribution in [0.15, 0.2) is 66.2 Å². The molecular formula is C29H26ClFN2O6. The van der Waals surface area contributed by atoms with Gasteiger partial charge in [-0.05, 0) is 66.1 Å². The van der Waals surface area contributed by atoms with E-state index in [-0.39, 0.29) is 24.5 Å². The van der Waals surface area contributed by atoms with Crippen molar-refractivity contribution in [3.05, 3.63) is 93.8 Å². The first-order valence-corrected chi connectivity index (χ1v) is 12.5. The number of methoxy groups -OCH3 is 1. The average Bonchev–Trinajstić information content (AvgIpc) is 2.92. The lowest BCUT2D eigenvalue weighted by Crippen LogP contribution is -2.53. The normalized spacial score (nSPS) is 14.4. The highest BCUT2D eigenvalue weighted by Crippen LogP contribution is 2.30. The molecule has 202 valence electrons. The Morgan fingerprint density at radius 1 is 0.923 bits per heavy atom. The van der Waals surface area contributed by atoms with Gasteiger partial charge in [-0.15, -0.1) is 0 Å². The Hall–Kier alpha value is -4.37. The number of carbonyl (C=O) groups excluding carboxylic acids is 3. The first kappa shape index (κ1) is 27.7. The summed E-state index contributed by atoms with van der Waals surface area (Å²) in [5.41, 5.74) is 1.41. The molecule has 1 heterocycles. The molecule has 1 fully saturated rings. The number of benzene rings is 3. The highest BCUT2D eigenvalue weighted by Gasteiger charge is 2.36. The first-order chi connectivity index (χ1) is 18.8. The molecular weight excluding hydrogens is 527 g/mol. The van der Waals surface area contributed by atoms with E-state index in [1.807, 2.05) is 6.92 Å². The summed E-state index contributed by atoms with van der Waals surface area (Å²) in [5.74, 6) is -0.643. The predicted molar refractivity (Wildman–Crippen MR) is 143 cm³/mol. The number of rotatable bonds is 10. The van der Waals surface area contributed by atoms with Gasteiger partial charge in [-0.25, -0.2) is 9.18 Å². The van der Waals surface area contributed by atoms with Crippen LogP contribution in [0.2, 0.25) is 5.02 Å². The van der Waals surface area contributed by atoms with Crippen LogP contribution in [0.5, 0.6) is 17.2 Å². The van der Waals surface area contributed by atoms with Crippen molar-refractivity contribution in [2.24, 2.45) is 0 Å². The Morgan fingerprint density at radius 2 is 1.64 bits per heavy atom. The number of ether oxygens (including phenoxy) is 3. The van der Waals surface area contributed by atoms with Crippen molar-refractivity contribution in [2.75, 3.05) is 13.7 Å². The fourth-order valence-corrected chi connectivity index (χ4v) is 4.00. The van der Waals surface area contributed by atoms with Crippen LogP contribution >= 0.6 is 11.6 Å². The number of nitrogens with one attached hydrogen (secondary N) is 1. The maximum absolute atomic E-state index is 13.3. The summed E-state index contributed by atoms with van der Waals surface area (Å²) in [6, 6.07) is 14.8. The predicted octanol–water partition coefficient (Wildman–Crippen LogP) is 5.52. The number of carbonyl (C=O) groups is 3. The van der Waals surface area contributed by atoms with Gasteiger partial charge < -0.3 is 14.2 Å². The number of barbiturate groups is 1. The zero-order chi connectivity index (χ0) is 27.9. The average molecular weight is 553 g/mol. The molecule has 4 rings (SSSR count). The molecule has 8 nitrogen and oxygen atoms in total. The third-order valence-electron chi connectivity index (χ3n) is 5.80. The van der Waals surface area contributed by atoms with E-state index >= 15 is 0 Å². The van der Waals surface area contributed by atoms with E-state index < -0.39 is 17.8 Å². The minimum Gasteiger partial charge on any atom is -0.493 e. The molecule has 0 unspecified atom stereocenters. The molecule has 0 aliphatic carbocycles. The zero-order valence-corrected chi connectivity index (χ0v) is 22.1. The highest BCUT2D eigenvalue weighted by atomic mass is 35.5. The van der Waals surface area contributed by atoms with Gasteiger partial charge in [0, 0.05) is 10.6 Å². The summed E-state index contributed by atoms with van der Waals surface area (Å²) in [4.78, 5) is 39.5. The van der Waals surface area contributed by atoms with Crippen molar-refractivity contribution in [1.82, 2.24) is 10.2 Å². The van der Waals surface area contributed by atoms with Crippen LogP contribution in [0.4, 0.5) is 9.18 Å². The molecule has 0 spiro atoms. The summed E-state index contributed by atoms with van der Waals surface area (Å²) >= 11 is 6.18. The van der Waals surface area contributed by atoms with Crippen molar-refractivity contribution >= 4 is 35.5 Å². The fourth-order valence-electron chi connectivity index (χ4n) is 3.82. The van der Waals surface area contributed by atoms with Gasteiger partial charge in [0.2, 0.25) is 0 Å². The molecule has 1 saturated heterocycles. The summed E-state index contributed by atoms with van der Waals surface area (Å²) in [6.45, 7) is 2.50. The van der Waals surface area contributed by atoms with Gasteiger partial charge in [-0.1, -0.05) is 36.7 Å². The van der Waals surface area contributed by atoms with E-state index in [1.54, 1.807) is 42.5 Å². The summed E-state index contributed by atoms with van der Waals surface area (Å²) in [7, 11) is 1.50. The molecule has 0 radical (unpaired) electrons. The van der Waals surface area contributed by atoms with E-state index in [0.717, 1.165) is 16.9 Å². The second kappa shape index (κ2) is 12.4. The molecule has 1 N–H and O–H groups in total. The van der Waals surface area contributed by atoms with E-state index in [9.17, 15) is 18.8 Å². The number of hydrogen-bond acceptors (Lipinski definition) is 6. The van der Waals surface area contributed by atoms with Crippen LogP contribution in [0, 0.1) is 5.82 Å². The molecule has 1 aliphatic rings. The lowest BCUT2D eigenvalue weighted by Gasteiger charge is -2.26. The van der Waals surface area contributed by atoms with Crippen molar-refractivity contribution in [3.8, 4) is 17.2 Å². The summed E-state index contributed by atoms with van der Waals surface area (Å²) in [5, 5.41) is 2.56. The van der Waals surface area contributed by atoms with Crippen LogP contribution in [0.25, 0.3) is 6.08 Å². The zero-order valence-electron chi connectivity index (χ0n) is 21.3. The molecule has 0 bridgehead atoms. The third-order valence-corrected chi connectivity index (χ3v) is 6.03. The molecule has 10 heteroatoms. The number of nitrogens with zero attached hydrogens (tertiary/aromatic N) is 1. The number of urea groups is 1. The molecule has 1 aliphatic heterocycles. The smallest absolute Gasteiger partial charge is 0.331 e. The lowest BCUT2D eigenvalue weighted by molar-refractivity contribution is -0.130. The van der Waals surface area contributed by atoms with Crippen LogP contribution in [-0.2, 0) is 22.7 Å². The molecule has 0 aromatic heterocycles.